The van der Waals surface area contributed by atoms with E-state index in [9.17, 15) is 15.3 Å². The third kappa shape index (κ3) is 1.05. The summed E-state index contributed by atoms with van der Waals surface area (Å²) >= 11 is 6.13. The van der Waals surface area contributed by atoms with E-state index in [0.717, 1.165) is 12.8 Å². The van der Waals surface area contributed by atoms with Crippen molar-refractivity contribution in [2.75, 3.05) is 0 Å². The predicted molar refractivity (Wildman–Crippen MR) is 67.1 cm³/mol. The zero-order valence-electron chi connectivity index (χ0n) is 10.5. The maximum Gasteiger partial charge on any atom is 0.248 e. The highest BCUT2D eigenvalue weighted by Gasteiger charge is 2.75. The Morgan fingerprint density at radius 2 is 1.95 bits per heavy atom. The van der Waals surface area contributed by atoms with E-state index in [4.69, 9.17) is 11.6 Å². The van der Waals surface area contributed by atoms with Gasteiger partial charge in [-0.1, -0.05) is 24.9 Å². The van der Waals surface area contributed by atoms with Crippen LogP contribution in [0.25, 0.3) is 0 Å². The molecule has 98 valence electrons. The number of nitrogens with one attached hydrogen (secondary N) is 2. The highest BCUT2D eigenvalue weighted by Crippen LogP contribution is 2.64. The number of hydrogen-bond acceptors (Lipinski definition) is 4. The van der Waals surface area contributed by atoms with Gasteiger partial charge in [-0.2, -0.15) is 10.5 Å². The second-order valence-electron chi connectivity index (χ2n) is 5.69. The molecule has 0 aromatic carbocycles. The van der Waals surface area contributed by atoms with E-state index in [2.05, 4.69) is 16.7 Å². The quantitative estimate of drug-likeness (QED) is 0.656. The van der Waals surface area contributed by atoms with Crippen molar-refractivity contribution in [1.82, 2.24) is 10.6 Å². The molecular formula is C13H13ClN4O. The molecule has 0 spiro atoms. The molecule has 2 fully saturated rings. The van der Waals surface area contributed by atoms with Gasteiger partial charge in [-0.05, 0) is 19.3 Å². The number of hydrogen-bond donors (Lipinski definition) is 2. The molecular weight excluding hydrogens is 264 g/mol. The fourth-order valence-electron chi connectivity index (χ4n) is 4.00. The minimum atomic E-state index is -1.47. The first-order valence-electron chi connectivity index (χ1n) is 6.30. The molecule has 5 nitrogen and oxygen atoms in total. The van der Waals surface area contributed by atoms with Crippen LogP contribution >= 0.6 is 11.6 Å². The van der Waals surface area contributed by atoms with Crippen molar-refractivity contribution in [2.24, 2.45) is 10.8 Å². The fourth-order valence-corrected chi connectivity index (χ4v) is 4.35. The lowest BCUT2D eigenvalue weighted by Crippen LogP contribution is -2.66. The van der Waals surface area contributed by atoms with Gasteiger partial charge in [0.2, 0.25) is 5.91 Å². The molecule has 1 amide bonds. The second-order valence-corrected chi connectivity index (χ2v) is 6.06. The monoisotopic (exact) mass is 276 g/mol. The van der Waals surface area contributed by atoms with Gasteiger partial charge in [-0.15, -0.1) is 0 Å². The molecule has 1 saturated heterocycles. The molecule has 3 atom stereocenters. The Morgan fingerprint density at radius 1 is 1.26 bits per heavy atom. The van der Waals surface area contributed by atoms with Crippen molar-refractivity contribution < 1.29 is 4.79 Å². The highest BCUT2D eigenvalue weighted by atomic mass is 35.5. The van der Waals surface area contributed by atoms with Crippen LogP contribution in [0.3, 0.4) is 0 Å². The molecule has 1 aliphatic carbocycles. The first kappa shape index (κ1) is 12.3. The van der Waals surface area contributed by atoms with E-state index in [1.54, 1.807) is 0 Å². The smallest absolute Gasteiger partial charge is 0.248 e. The van der Waals surface area contributed by atoms with Gasteiger partial charge in [-0.25, -0.2) is 0 Å². The Kier molecular flexibility index (Phi) is 2.23. The van der Waals surface area contributed by atoms with Crippen molar-refractivity contribution in [3.63, 3.8) is 0 Å². The summed E-state index contributed by atoms with van der Waals surface area (Å²) in [4.78, 5) is 12.5. The third-order valence-corrected chi connectivity index (χ3v) is 5.40. The maximum atomic E-state index is 12.5. The van der Waals surface area contributed by atoms with E-state index in [1.807, 2.05) is 13.0 Å². The number of carbonyl (C=O) groups is 1. The van der Waals surface area contributed by atoms with Crippen LogP contribution in [0.5, 0.6) is 0 Å². The van der Waals surface area contributed by atoms with E-state index < -0.39 is 22.4 Å². The predicted octanol–water partition coefficient (Wildman–Crippen LogP) is 1.48. The van der Waals surface area contributed by atoms with Gasteiger partial charge in [0.1, 0.15) is 16.9 Å². The van der Waals surface area contributed by atoms with Crippen LogP contribution in [0.15, 0.2) is 10.7 Å². The molecule has 6 heteroatoms. The van der Waals surface area contributed by atoms with Gasteiger partial charge in [-0.3, -0.25) is 4.79 Å². The Balaban J connectivity index is 2.37. The minimum Gasteiger partial charge on any atom is -0.352 e. The van der Waals surface area contributed by atoms with Gasteiger partial charge in [0.25, 0.3) is 0 Å². The van der Waals surface area contributed by atoms with Crippen LogP contribution in [-0.2, 0) is 4.79 Å². The third-order valence-electron chi connectivity index (χ3n) is 5.11. The zero-order valence-corrected chi connectivity index (χ0v) is 11.3. The van der Waals surface area contributed by atoms with Crippen molar-refractivity contribution in [3.05, 3.63) is 10.7 Å². The van der Waals surface area contributed by atoms with Crippen LogP contribution in [0.1, 0.15) is 32.6 Å². The molecule has 2 aliphatic heterocycles. The first-order chi connectivity index (χ1) is 8.97. The van der Waals surface area contributed by atoms with Crippen LogP contribution < -0.4 is 10.6 Å². The number of rotatable bonds is 0. The Morgan fingerprint density at radius 3 is 2.58 bits per heavy atom. The van der Waals surface area contributed by atoms with E-state index >= 15 is 0 Å². The molecule has 3 aliphatic rings. The molecule has 0 radical (unpaired) electrons. The molecule has 19 heavy (non-hydrogen) atoms. The van der Waals surface area contributed by atoms with E-state index in [-0.39, 0.29) is 10.7 Å². The number of nitrogens with zero attached hydrogens (tertiary/aromatic N) is 2. The molecule has 0 aromatic rings. The average molecular weight is 277 g/mol. The summed E-state index contributed by atoms with van der Waals surface area (Å²) in [5.74, 6) is -0.404. The lowest BCUT2D eigenvalue weighted by atomic mass is 9.52. The number of nitriles is 2. The van der Waals surface area contributed by atoms with Gasteiger partial charge in [0.05, 0.1) is 11.6 Å². The lowest BCUT2D eigenvalue weighted by molar-refractivity contribution is -0.125. The van der Waals surface area contributed by atoms with Gasteiger partial charge < -0.3 is 10.6 Å². The minimum absolute atomic E-state index is 0.0479. The zero-order chi connectivity index (χ0) is 13.9. The molecule has 1 saturated carbocycles. The highest BCUT2D eigenvalue weighted by molar-refractivity contribution is 6.30. The van der Waals surface area contributed by atoms with Crippen LogP contribution in [0.4, 0.5) is 0 Å². The number of halogens is 1. The van der Waals surface area contributed by atoms with Crippen molar-refractivity contribution >= 4 is 17.5 Å². The molecule has 2 bridgehead atoms. The molecule has 0 aromatic heterocycles. The Hall–Kier alpha value is -1.72. The average Bonchev–Trinajstić information content (AvgIpc) is 2.50. The molecule has 2 heterocycles. The molecule has 3 unspecified atom stereocenters. The molecule has 2 N–H and O–H groups in total. The number of amides is 1. The lowest BCUT2D eigenvalue weighted by Gasteiger charge is -2.53. The second kappa shape index (κ2) is 3.43. The normalized spacial score (nSPS) is 43.7. The van der Waals surface area contributed by atoms with Crippen LogP contribution in [-0.4, -0.2) is 11.6 Å². The first-order valence-corrected chi connectivity index (χ1v) is 6.68. The topological polar surface area (TPSA) is 88.7 Å². The van der Waals surface area contributed by atoms with Crippen molar-refractivity contribution in [1.29, 1.82) is 10.5 Å². The number of carbonyl (C=O) groups excluding carboxylic acids is 1. The van der Waals surface area contributed by atoms with Crippen LogP contribution in [0.2, 0.25) is 0 Å². The van der Waals surface area contributed by atoms with Crippen LogP contribution in [0, 0.1) is 33.5 Å². The SMILES string of the molecule is CC12CCCCC13NC(=O)C2(C#N)C(C#N)=C(Cl)N3. The van der Waals surface area contributed by atoms with Crippen molar-refractivity contribution in [2.45, 2.75) is 38.3 Å². The summed E-state index contributed by atoms with van der Waals surface area (Å²) in [5.41, 5.74) is -2.76. The summed E-state index contributed by atoms with van der Waals surface area (Å²) in [6.45, 7) is 1.90. The maximum absolute atomic E-state index is 12.5. The van der Waals surface area contributed by atoms with Gasteiger partial charge >= 0.3 is 0 Å². The summed E-state index contributed by atoms with van der Waals surface area (Å²) in [5, 5.41) is 25.1. The molecule has 3 rings (SSSR count). The Bertz CT molecular complexity index is 601. The Labute approximate surface area is 116 Å². The van der Waals surface area contributed by atoms with Crippen molar-refractivity contribution in [3.8, 4) is 12.1 Å². The summed E-state index contributed by atoms with van der Waals surface area (Å²) < 4.78 is 0. The van der Waals surface area contributed by atoms with Gasteiger partial charge in [0.15, 0.2) is 5.41 Å². The van der Waals surface area contributed by atoms with Gasteiger partial charge in [0, 0.05) is 5.41 Å². The standard InChI is InChI=1S/C13H13ClN4O/c1-11-4-2-3-5-13(11)17-9(14)8(6-15)12(11,7-16)10(19)18-13/h17H,2-5H2,1H3,(H,18,19). The summed E-state index contributed by atoms with van der Waals surface area (Å²) in [6.07, 6.45) is 3.32. The summed E-state index contributed by atoms with van der Waals surface area (Å²) in [7, 11) is 0. The summed E-state index contributed by atoms with van der Waals surface area (Å²) in [6, 6.07) is 4.07. The van der Waals surface area contributed by atoms with E-state index in [1.165, 1.54) is 0 Å². The largest absolute Gasteiger partial charge is 0.352 e. The fraction of sp³-hybridized carbons (Fsp3) is 0.615. The van der Waals surface area contributed by atoms with E-state index in [0.29, 0.717) is 12.8 Å².